The lowest BCUT2D eigenvalue weighted by atomic mass is 10.1. The minimum absolute atomic E-state index is 0.248. The maximum atomic E-state index is 12.1. The van der Waals surface area contributed by atoms with Crippen LogP contribution in [0, 0.1) is 13.8 Å². The van der Waals surface area contributed by atoms with Gasteiger partial charge in [0.1, 0.15) is 11.1 Å². The molecule has 3 rings (SSSR count). The summed E-state index contributed by atoms with van der Waals surface area (Å²) in [5, 5.41) is 3.24. The highest BCUT2D eigenvalue weighted by molar-refractivity contribution is 5.96. The average molecular weight is 351 g/mol. The van der Waals surface area contributed by atoms with Crippen molar-refractivity contribution in [3.05, 3.63) is 75.6 Å². The van der Waals surface area contributed by atoms with Crippen LogP contribution in [0.5, 0.6) is 0 Å². The minimum Gasteiger partial charge on any atom is -0.452 e. The third kappa shape index (κ3) is 3.80. The molecule has 0 aliphatic carbocycles. The van der Waals surface area contributed by atoms with Crippen molar-refractivity contribution in [1.82, 2.24) is 0 Å². The molecule has 132 valence electrons. The Hall–Kier alpha value is -3.41. The summed E-state index contributed by atoms with van der Waals surface area (Å²) in [6.07, 6.45) is 0. The first kappa shape index (κ1) is 17.4. The van der Waals surface area contributed by atoms with E-state index in [0.29, 0.717) is 16.7 Å². The Kier molecular flexibility index (Phi) is 4.84. The Balaban J connectivity index is 1.66. The summed E-state index contributed by atoms with van der Waals surface area (Å²) < 4.78 is 10.0. The zero-order valence-corrected chi connectivity index (χ0v) is 14.4. The molecule has 0 aliphatic rings. The number of benzene rings is 2. The molecule has 2 aromatic carbocycles. The van der Waals surface area contributed by atoms with Crippen LogP contribution < -0.4 is 10.9 Å². The van der Waals surface area contributed by atoms with Gasteiger partial charge in [-0.05, 0) is 49.2 Å². The van der Waals surface area contributed by atoms with E-state index in [1.54, 1.807) is 30.3 Å². The molecule has 0 fully saturated rings. The molecule has 0 unspecified atom stereocenters. The number of carbonyl (C=O) groups excluding carboxylic acids is 2. The number of hydrogen-bond donors (Lipinski definition) is 1. The second-order valence-electron chi connectivity index (χ2n) is 5.91. The first-order chi connectivity index (χ1) is 12.4. The molecule has 1 amide bonds. The molecular formula is C20H17NO5. The van der Waals surface area contributed by atoms with Crippen molar-refractivity contribution in [2.75, 3.05) is 11.9 Å². The van der Waals surface area contributed by atoms with E-state index in [1.807, 2.05) is 26.0 Å². The summed E-state index contributed by atoms with van der Waals surface area (Å²) in [7, 11) is 0. The molecular weight excluding hydrogens is 334 g/mol. The SMILES string of the molecule is Cc1ccc(NC(=O)COC(=O)c2cc3ccccc3oc2=O)cc1C. The quantitative estimate of drug-likeness (QED) is 0.576. The van der Waals surface area contributed by atoms with Crippen LogP contribution in [-0.4, -0.2) is 18.5 Å². The van der Waals surface area contributed by atoms with Crippen LogP contribution in [0.2, 0.25) is 0 Å². The van der Waals surface area contributed by atoms with E-state index >= 15 is 0 Å². The van der Waals surface area contributed by atoms with Crippen molar-refractivity contribution in [3.63, 3.8) is 0 Å². The smallest absolute Gasteiger partial charge is 0.351 e. The zero-order valence-electron chi connectivity index (χ0n) is 14.4. The standard InChI is InChI=1S/C20H17NO5/c1-12-7-8-15(9-13(12)2)21-18(22)11-25-19(23)16-10-14-5-3-4-6-17(14)26-20(16)24/h3-10H,11H2,1-2H3,(H,21,22). The Morgan fingerprint density at radius 2 is 1.81 bits per heavy atom. The van der Waals surface area contributed by atoms with Crippen LogP contribution in [-0.2, 0) is 9.53 Å². The normalized spacial score (nSPS) is 10.5. The molecule has 0 aliphatic heterocycles. The summed E-state index contributed by atoms with van der Waals surface area (Å²) >= 11 is 0. The fourth-order valence-electron chi connectivity index (χ4n) is 2.43. The van der Waals surface area contributed by atoms with Crippen LogP contribution in [0.3, 0.4) is 0 Å². The van der Waals surface area contributed by atoms with E-state index < -0.39 is 24.1 Å². The molecule has 6 heteroatoms. The van der Waals surface area contributed by atoms with Crippen LogP contribution >= 0.6 is 0 Å². The van der Waals surface area contributed by atoms with E-state index in [9.17, 15) is 14.4 Å². The van der Waals surface area contributed by atoms with Crippen LogP contribution in [0.15, 0.2) is 57.7 Å². The molecule has 0 spiro atoms. The molecule has 26 heavy (non-hydrogen) atoms. The summed E-state index contributed by atoms with van der Waals surface area (Å²) in [5.74, 6) is -1.40. The number of aryl methyl sites for hydroxylation is 2. The summed E-state index contributed by atoms with van der Waals surface area (Å²) in [6.45, 7) is 3.40. The second kappa shape index (κ2) is 7.23. The van der Waals surface area contributed by atoms with Gasteiger partial charge in [0.05, 0.1) is 0 Å². The minimum atomic E-state index is -0.903. The van der Waals surface area contributed by atoms with Crippen LogP contribution in [0.1, 0.15) is 21.5 Å². The van der Waals surface area contributed by atoms with Gasteiger partial charge in [0.25, 0.3) is 5.91 Å². The van der Waals surface area contributed by atoms with E-state index in [0.717, 1.165) is 11.1 Å². The van der Waals surface area contributed by atoms with Gasteiger partial charge in [-0.25, -0.2) is 9.59 Å². The number of nitrogens with one attached hydrogen (secondary N) is 1. The van der Waals surface area contributed by atoms with Gasteiger partial charge in [0, 0.05) is 11.1 Å². The number of ether oxygens (including phenoxy) is 1. The number of esters is 1. The van der Waals surface area contributed by atoms with Gasteiger partial charge in [-0.3, -0.25) is 4.79 Å². The topological polar surface area (TPSA) is 85.6 Å². The summed E-state index contributed by atoms with van der Waals surface area (Å²) in [4.78, 5) is 36.0. The molecule has 6 nitrogen and oxygen atoms in total. The first-order valence-corrected chi connectivity index (χ1v) is 8.01. The molecule has 0 bridgehead atoms. The average Bonchev–Trinajstić information content (AvgIpc) is 2.62. The van der Waals surface area contributed by atoms with Crippen LogP contribution in [0.4, 0.5) is 5.69 Å². The van der Waals surface area contributed by atoms with Gasteiger partial charge in [-0.1, -0.05) is 24.3 Å². The fraction of sp³-hybridized carbons (Fsp3) is 0.150. The lowest BCUT2D eigenvalue weighted by Crippen LogP contribution is -2.23. The Bertz CT molecular complexity index is 1050. The van der Waals surface area contributed by atoms with Crippen LogP contribution in [0.25, 0.3) is 11.0 Å². The molecule has 0 saturated carbocycles. The third-order valence-corrected chi connectivity index (χ3v) is 3.99. The molecule has 0 atom stereocenters. The number of carbonyl (C=O) groups is 2. The van der Waals surface area contributed by atoms with Crippen molar-refractivity contribution in [3.8, 4) is 0 Å². The number of para-hydroxylation sites is 1. The number of hydrogen-bond acceptors (Lipinski definition) is 5. The Labute approximate surface area is 149 Å². The highest BCUT2D eigenvalue weighted by Gasteiger charge is 2.16. The van der Waals surface area contributed by atoms with Crippen molar-refractivity contribution in [1.29, 1.82) is 0 Å². The monoisotopic (exact) mass is 351 g/mol. The second-order valence-corrected chi connectivity index (χ2v) is 5.91. The predicted molar refractivity (Wildman–Crippen MR) is 97.3 cm³/mol. The summed E-state index contributed by atoms with van der Waals surface area (Å²) in [6, 6.07) is 13.7. The van der Waals surface area contributed by atoms with Crippen molar-refractivity contribution in [2.45, 2.75) is 13.8 Å². The molecule has 1 N–H and O–H groups in total. The third-order valence-electron chi connectivity index (χ3n) is 3.99. The maximum Gasteiger partial charge on any atom is 0.351 e. The van der Waals surface area contributed by atoms with Gasteiger partial charge >= 0.3 is 11.6 Å². The maximum absolute atomic E-state index is 12.1. The van der Waals surface area contributed by atoms with E-state index in [2.05, 4.69) is 5.32 Å². The van der Waals surface area contributed by atoms with Gasteiger partial charge in [-0.2, -0.15) is 0 Å². The number of fused-ring (bicyclic) bond motifs is 1. The van der Waals surface area contributed by atoms with Gasteiger partial charge < -0.3 is 14.5 Å². The van der Waals surface area contributed by atoms with E-state index in [4.69, 9.17) is 9.15 Å². The molecule has 0 saturated heterocycles. The number of amides is 1. The summed E-state index contributed by atoms with van der Waals surface area (Å²) in [5.41, 5.74) is 2.08. The Morgan fingerprint density at radius 1 is 1.04 bits per heavy atom. The zero-order chi connectivity index (χ0) is 18.7. The molecule has 0 radical (unpaired) electrons. The van der Waals surface area contributed by atoms with Crippen molar-refractivity contribution >= 4 is 28.5 Å². The highest BCUT2D eigenvalue weighted by atomic mass is 16.5. The van der Waals surface area contributed by atoms with Crippen molar-refractivity contribution in [2.24, 2.45) is 0 Å². The lowest BCUT2D eigenvalue weighted by molar-refractivity contribution is -0.119. The van der Waals surface area contributed by atoms with Gasteiger partial charge in [-0.15, -0.1) is 0 Å². The fourth-order valence-corrected chi connectivity index (χ4v) is 2.43. The first-order valence-electron chi connectivity index (χ1n) is 8.01. The van der Waals surface area contributed by atoms with Gasteiger partial charge in [0.15, 0.2) is 6.61 Å². The van der Waals surface area contributed by atoms with Crippen molar-refractivity contribution < 1.29 is 18.7 Å². The largest absolute Gasteiger partial charge is 0.452 e. The van der Waals surface area contributed by atoms with E-state index in [1.165, 1.54) is 6.07 Å². The lowest BCUT2D eigenvalue weighted by Gasteiger charge is -2.08. The highest BCUT2D eigenvalue weighted by Crippen LogP contribution is 2.15. The Morgan fingerprint density at radius 3 is 2.58 bits per heavy atom. The molecule has 1 heterocycles. The number of rotatable bonds is 4. The predicted octanol–water partition coefficient (Wildman–Crippen LogP) is 3.21. The van der Waals surface area contributed by atoms with E-state index in [-0.39, 0.29) is 5.56 Å². The van der Waals surface area contributed by atoms with Gasteiger partial charge in [0.2, 0.25) is 0 Å². The number of anilines is 1. The molecule has 1 aromatic heterocycles. The molecule has 3 aromatic rings.